The van der Waals surface area contributed by atoms with Crippen LogP contribution in [0, 0.1) is 5.92 Å². The summed E-state index contributed by atoms with van der Waals surface area (Å²) >= 11 is 0. The molecule has 0 atom stereocenters. The van der Waals surface area contributed by atoms with E-state index in [2.05, 4.69) is 30.8 Å². The number of carbonyl (C=O) groups is 1. The van der Waals surface area contributed by atoms with E-state index in [-0.39, 0.29) is 18.8 Å². The van der Waals surface area contributed by atoms with Gasteiger partial charge < -0.3 is 5.32 Å². The Hall–Kier alpha value is -3.10. The number of pyridine rings is 2. The first kappa shape index (κ1) is 18.3. The Bertz CT molecular complexity index is 966. The molecular weight excluding hydrogens is 366 g/mol. The van der Waals surface area contributed by atoms with Gasteiger partial charge in [0.25, 0.3) is 0 Å². The summed E-state index contributed by atoms with van der Waals surface area (Å²) in [7, 11) is 0. The van der Waals surface area contributed by atoms with Crippen LogP contribution < -0.4 is 10.6 Å². The van der Waals surface area contributed by atoms with Gasteiger partial charge in [0.2, 0.25) is 5.92 Å². The number of hydrogen-bond acceptors (Lipinski definition) is 4. The van der Waals surface area contributed by atoms with Crippen molar-refractivity contribution >= 4 is 22.9 Å². The lowest BCUT2D eigenvalue weighted by atomic mass is 9.87. The number of H-pyrrole nitrogens is 1. The van der Waals surface area contributed by atoms with Crippen molar-refractivity contribution in [2.45, 2.75) is 31.6 Å². The molecule has 1 aliphatic rings. The molecule has 3 aromatic heterocycles. The monoisotopic (exact) mass is 386 g/mol. The Balaban J connectivity index is 1.38. The number of nitrogens with one attached hydrogen (secondary N) is 3. The van der Waals surface area contributed by atoms with Gasteiger partial charge in [-0.3, -0.25) is 15.4 Å². The Morgan fingerprint density at radius 3 is 2.75 bits per heavy atom. The maximum atomic E-state index is 13.2. The van der Waals surface area contributed by atoms with Gasteiger partial charge in [-0.1, -0.05) is 0 Å². The molecular formula is C19H20F2N6O. The number of urea groups is 1. The molecule has 3 heterocycles. The molecule has 1 saturated carbocycles. The van der Waals surface area contributed by atoms with Gasteiger partial charge in [0.1, 0.15) is 5.82 Å². The highest BCUT2D eigenvalue weighted by atomic mass is 19.3. The van der Waals surface area contributed by atoms with Gasteiger partial charge in [-0.2, -0.15) is 5.10 Å². The zero-order valence-corrected chi connectivity index (χ0v) is 15.1. The predicted octanol–water partition coefficient (Wildman–Crippen LogP) is 3.97. The Morgan fingerprint density at radius 1 is 1.18 bits per heavy atom. The van der Waals surface area contributed by atoms with E-state index >= 15 is 0 Å². The maximum absolute atomic E-state index is 13.2. The van der Waals surface area contributed by atoms with E-state index in [1.54, 1.807) is 30.7 Å². The molecule has 0 saturated heterocycles. The number of carbonyl (C=O) groups excluding carboxylic acids is 1. The molecule has 4 rings (SSSR count). The first-order valence-corrected chi connectivity index (χ1v) is 9.17. The van der Waals surface area contributed by atoms with Gasteiger partial charge in [-0.05, 0) is 37.0 Å². The van der Waals surface area contributed by atoms with Crippen molar-refractivity contribution in [2.24, 2.45) is 5.92 Å². The predicted molar refractivity (Wildman–Crippen MR) is 101 cm³/mol. The van der Waals surface area contributed by atoms with Crippen molar-refractivity contribution in [3.63, 3.8) is 0 Å². The van der Waals surface area contributed by atoms with E-state index in [1.807, 2.05) is 6.07 Å². The van der Waals surface area contributed by atoms with Gasteiger partial charge in [-0.25, -0.2) is 18.6 Å². The van der Waals surface area contributed by atoms with E-state index in [0.29, 0.717) is 36.2 Å². The highest BCUT2D eigenvalue weighted by Gasteiger charge is 2.34. The summed E-state index contributed by atoms with van der Waals surface area (Å²) in [6.45, 7) is 0.377. The fourth-order valence-corrected chi connectivity index (χ4v) is 3.34. The van der Waals surface area contributed by atoms with Crippen LogP contribution >= 0.6 is 0 Å². The van der Waals surface area contributed by atoms with Crippen LogP contribution in [0.15, 0.2) is 36.8 Å². The summed E-state index contributed by atoms with van der Waals surface area (Å²) in [5, 5.41) is 12.1. The molecule has 2 amide bonds. The lowest BCUT2D eigenvalue weighted by Crippen LogP contribution is -2.36. The number of rotatable bonds is 4. The second-order valence-corrected chi connectivity index (χ2v) is 7.08. The Labute approximate surface area is 160 Å². The number of hydrogen-bond donors (Lipinski definition) is 3. The molecule has 0 bridgehead atoms. The zero-order chi connectivity index (χ0) is 19.6. The van der Waals surface area contributed by atoms with E-state index in [1.165, 1.54) is 0 Å². The molecule has 1 fully saturated rings. The van der Waals surface area contributed by atoms with Crippen molar-refractivity contribution in [2.75, 3.05) is 11.9 Å². The number of amides is 2. The third kappa shape index (κ3) is 4.24. The fraction of sp³-hybridized carbons (Fsp3) is 0.368. The molecule has 0 aliphatic heterocycles. The van der Waals surface area contributed by atoms with Crippen molar-refractivity contribution in [1.82, 2.24) is 25.5 Å². The molecule has 146 valence electrons. The molecule has 3 N–H and O–H groups in total. The molecule has 28 heavy (non-hydrogen) atoms. The number of fused-ring (bicyclic) bond motifs is 1. The molecule has 0 radical (unpaired) electrons. The van der Waals surface area contributed by atoms with E-state index in [9.17, 15) is 13.6 Å². The normalized spacial score (nSPS) is 16.8. The van der Waals surface area contributed by atoms with E-state index in [0.717, 1.165) is 11.1 Å². The minimum Gasteiger partial charge on any atom is -0.338 e. The van der Waals surface area contributed by atoms with Gasteiger partial charge in [0, 0.05) is 42.9 Å². The van der Waals surface area contributed by atoms with Crippen molar-refractivity contribution in [1.29, 1.82) is 0 Å². The highest BCUT2D eigenvalue weighted by molar-refractivity contribution is 5.90. The number of alkyl halides is 2. The van der Waals surface area contributed by atoms with Crippen LogP contribution in [-0.2, 0) is 0 Å². The first-order chi connectivity index (χ1) is 13.5. The van der Waals surface area contributed by atoms with E-state index in [4.69, 9.17) is 0 Å². The number of anilines is 1. The molecule has 3 aromatic rings. The summed E-state index contributed by atoms with van der Waals surface area (Å²) in [5.41, 5.74) is 3.11. The molecule has 1 aliphatic carbocycles. The standard InChI is InChI=1S/C19H20F2N6O/c20-19(21)5-3-12(4-6-19)8-23-18(28)27-17-2-1-15-16(26-17)7-13(9-22-15)14-10-24-25-11-14/h1-2,7,9-12H,3-6,8H2,(H,24,25)(H2,23,26,27,28). The van der Waals surface area contributed by atoms with Crippen molar-refractivity contribution < 1.29 is 13.6 Å². The minimum atomic E-state index is -2.56. The van der Waals surface area contributed by atoms with Crippen LogP contribution in [0.25, 0.3) is 22.2 Å². The lowest BCUT2D eigenvalue weighted by Gasteiger charge is -2.28. The number of aromatic amines is 1. The zero-order valence-electron chi connectivity index (χ0n) is 15.1. The maximum Gasteiger partial charge on any atom is 0.320 e. The van der Waals surface area contributed by atoms with Gasteiger partial charge in [0.05, 0.1) is 17.2 Å². The van der Waals surface area contributed by atoms with E-state index < -0.39 is 12.0 Å². The summed E-state index contributed by atoms with van der Waals surface area (Å²) < 4.78 is 26.4. The fourth-order valence-electron chi connectivity index (χ4n) is 3.34. The summed E-state index contributed by atoms with van der Waals surface area (Å²) in [4.78, 5) is 20.9. The van der Waals surface area contributed by atoms with Crippen molar-refractivity contribution in [3.8, 4) is 11.1 Å². The van der Waals surface area contributed by atoms with Crippen LogP contribution in [0.3, 0.4) is 0 Å². The van der Waals surface area contributed by atoms with Gasteiger partial charge >= 0.3 is 6.03 Å². The summed E-state index contributed by atoms with van der Waals surface area (Å²) in [6, 6.07) is 4.93. The smallest absolute Gasteiger partial charge is 0.320 e. The first-order valence-electron chi connectivity index (χ1n) is 9.17. The largest absolute Gasteiger partial charge is 0.338 e. The average Bonchev–Trinajstić information content (AvgIpc) is 3.21. The minimum absolute atomic E-state index is 0.0802. The average molecular weight is 386 g/mol. The van der Waals surface area contributed by atoms with Gasteiger partial charge in [0.15, 0.2) is 0 Å². The lowest BCUT2D eigenvalue weighted by molar-refractivity contribution is -0.0451. The van der Waals surface area contributed by atoms with Crippen molar-refractivity contribution in [3.05, 3.63) is 36.8 Å². The Kier molecular flexibility index (Phi) is 4.89. The van der Waals surface area contributed by atoms with Crippen LogP contribution in [0.4, 0.5) is 19.4 Å². The highest BCUT2D eigenvalue weighted by Crippen LogP contribution is 2.35. The van der Waals surface area contributed by atoms with Crippen LogP contribution in [0.2, 0.25) is 0 Å². The topological polar surface area (TPSA) is 95.6 Å². The summed E-state index contributed by atoms with van der Waals surface area (Å²) in [6.07, 6.45) is 5.81. The second-order valence-electron chi connectivity index (χ2n) is 7.08. The van der Waals surface area contributed by atoms with Crippen LogP contribution in [0.5, 0.6) is 0 Å². The van der Waals surface area contributed by atoms with Crippen LogP contribution in [-0.4, -0.2) is 38.7 Å². The number of nitrogens with zero attached hydrogens (tertiary/aromatic N) is 3. The van der Waals surface area contributed by atoms with Gasteiger partial charge in [-0.15, -0.1) is 0 Å². The molecule has 0 unspecified atom stereocenters. The quantitative estimate of drug-likeness (QED) is 0.632. The third-order valence-corrected chi connectivity index (χ3v) is 5.00. The number of halogens is 2. The molecule has 0 spiro atoms. The Morgan fingerprint density at radius 2 is 2.00 bits per heavy atom. The third-order valence-electron chi connectivity index (χ3n) is 5.00. The molecule has 7 nitrogen and oxygen atoms in total. The molecule has 9 heteroatoms. The summed E-state index contributed by atoms with van der Waals surface area (Å²) in [5.74, 6) is -2.08. The SMILES string of the molecule is O=C(NCC1CCC(F)(F)CC1)Nc1ccc2ncc(-c3cn[nH]c3)cc2n1. The van der Waals surface area contributed by atoms with Crippen LogP contribution in [0.1, 0.15) is 25.7 Å². The molecule has 0 aromatic carbocycles. The number of aromatic nitrogens is 4. The second kappa shape index (κ2) is 7.49.